The molecule has 0 aliphatic rings. The Balaban J connectivity index is 2.53. The summed E-state index contributed by atoms with van der Waals surface area (Å²) in [5, 5.41) is 10.7. The first-order valence-electron chi connectivity index (χ1n) is 5.41. The summed E-state index contributed by atoms with van der Waals surface area (Å²) in [6, 6.07) is 9.63. The number of aromatic nitrogens is 1. The Morgan fingerprint density at radius 1 is 1.24 bits per heavy atom. The molecule has 0 radical (unpaired) electrons. The number of aryl methyl sites for hydroxylation is 1. The van der Waals surface area contributed by atoms with E-state index >= 15 is 0 Å². The van der Waals surface area contributed by atoms with Gasteiger partial charge in [0.25, 0.3) is 0 Å². The van der Waals surface area contributed by atoms with E-state index in [0.717, 1.165) is 21.2 Å². The molecule has 0 amide bonds. The lowest BCUT2D eigenvalue weighted by Gasteiger charge is -2.25. The summed E-state index contributed by atoms with van der Waals surface area (Å²) in [7, 11) is 0. The van der Waals surface area contributed by atoms with E-state index in [1.54, 1.807) is 19.3 Å². The summed E-state index contributed by atoms with van der Waals surface area (Å²) >= 11 is 3.47. The Bertz CT molecular complexity index is 537. The van der Waals surface area contributed by atoms with Crippen molar-refractivity contribution in [3.63, 3.8) is 0 Å². The van der Waals surface area contributed by atoms with Crippen LogP contribution in [0.15, 0.2) is 47.2 Å². The fraction of sp³-hybridized carbons (Fsp3) is 0.214. The Morgan fingerprint density at radius 3 is 2.59 bits per heavy atom. The van der Waals surface area contributed by atoms with E-state index in [-0.39, 0.29) is 0 Å². The first-order chi connectivity index (χ1) is 8.01. The standard InChI is InChI=1S/C14H14BrNO/c1-10-7-11(9-16-8-10)14(2,17)12-5-3-4-6-13(12)15/h3-9,17H,1-2H3. The summed E-state index contributed by atoms with van der Waals surface area (Å²) < 4.78 is 0.895. The van der Waals surface area contributed by atoms with Gasteiger partial charge in [0.05, 0.1) is 0 Å². The molecule has 0 spiro atoms. The molecule has 0 aliphatic carbocycles. The van der Waals surface area contributed by atoms with Gasteiger partial charge in [-0.1, -0.05) is 34.1 Å². The number of hydrogen-bond acceptors (Lipinski definition) is 2. The van der Waals surface area contributed by atoms with Crippen molar-refractivity contribution in [2.75, 3.05) is 0 Å². The van der Waals surface area contributed by atoms with Crippen molar-refractivity contribution < 1.29 is 5.11 Å². The van der Waals surface area contributed by atoms with Crippen molar-refractivity contribution >= 4 is 15.9 Å². The molecular weight excluding hydrogens is 278 g/mol. The van der Waals surface area contributed by atoms with Crippen LogP contribution < -0.4 is 0 Å². The highest BCUT2D eigenvalue weighted by atomic mass is 79.9. The van der Waals surface area contributed by atoms with Gasteiger partial charge in [-0.2, -0.15) is 0 Å². The van der Waals surface area contributed by atoms with Gasteiger partial charge in [0.2, 0.25) is 0 Å². The second kappa shape index (κ2) is 4.59. The first kappa shape index (κ1) is 12.3. The maximum Gasteiger partial charge on any atom is 0.114 e. The lowest BCUT2D eigenvalue weighted by molar-refractivity contribution is 0.101. The molecule has 1 aromatic carbocycles. The third kappa shape index (κ3) is 2.40. The minimum atomic E-state index is -1.04. The molecule has 2 aromatic rings. The van der Waals surface area contributed by atoms with Gasteiger partial charge in [0.15, 0.2) is 0 Å². The molecule has 17 heavy (non-hydrogen) atoms. The van der Waals surface area contributed by atoms with Gasteiger partial charge in [0, 0.05) is 28.0 Å². The van der Waals surface area contributed by atoms with Crippen LogP contribution in [0, 0.1) is 6.92 Å². The molecule has 1 aromatic heterocycles. The van der Waals surface area contributed by atoms with E-state index in [9.17, 15) is 5.11 Å². The van der Waals surface area contributed by atoms with Crippen molar-refractivity contribution in [3.05, 3.63) is 63.9 Å². The van der Waals surface area contributed by atoms with Gasteiger partial charge in [-0.15, -0.1) is 0 Å². The van der Waals surface area contributed by atoms with Crippen LogP contribution in [0.25, 0.3) is 0 Å². The van der Waals surface area contributed by atoms with Gasteiger partial charge in [-0.25, -0.2) is 0 Å². The third-order valence-corrected chi connectivity index (χ3v) is 3.53. The van der Waals surface area contributed by atoms with Crippen molar-refractivity contribution in [1.29, 1.82) is 0 Å². The minimum Gasteiger partial charge on any atom is -0.381 e. The second-order valence-corrected chi connectivity index (χ2v) is 5.16. The molecule has 0 saturated carbocycles. The number of hydrogen-bond donors (Lipinski definition) is 1. The molecule has 1 heterocycles. The zero-order valence-corrected chi connectivity index (χ0v) is 11.4. The van der Waals surface area contributed by atoms with Gasteiger partial charge in [-0.3, -0.25) is 4.98 Å². The zero-order chi connectivity index (χ0) is 12.5. The highest BCUT2D eigenvalue weighted by molar-refractivity contribution is 9.10. The van der Waals surface area contributed by atoms with Crippen LogP contribution in [0.5, 0.6) is 0 Å². The lowest BCUT2D eigenvalue weighted by Crippen LogP contribution is -2.23. The Morgan fingerprint density at radius 2 is 1.94 bits per heavy atom. The molecule has 88 valence electrons. The topological polar surface area (TPSA) is 33.1 Å². The first-order valence-corrected chi connectivity index (χ1v) is 6.20. The van der Waals surface area contributed by atoms with Crippen LogP contribution in [-0.2, 0) is 5.60 Å². The molecule has 1 N–H and O–H groups in total. The van der Waals surface area contributed by atoms with Gasteiger partial charge >= 0.3 is 0 Å². The molecule has 0 aliphatic heterocycles. The van der Waals surface area contributed by atoms with E-state index in [1.165, 1.54) is 0 Å². The molecule has 0 saturated heterocycles. The molecule has 2 nitrogen and oxygen atoms in total. The number of rotatable bonds is 2. The molecule has 3 heteroatoms. The molecule has 2 rings (SSSR count). The number of halogens is 1. The summed E-state index contributed by atoms with van der Waals surface area (Å²) in [5.41, 5.74) is 1.63. The fourth-order valence-corrected chi connectivity index (χ4v) is 2.50. The predicted octanol–water partition coefficient (Wildman–Crippen LogP) is 3.41. The molecule has 1 unspecified atom stereocenters. The summed E-state index contributed by atoms with van der Waals surface area (Å²) in [5.74, 6) is 0. The van der Waals surface area contributed by atoms with Crippen molar-refractivity contribution in [1.82, 2.24) is 4.98 Å². The Labute approximate surface area is 109 Å². The summed E-state index contributed by atoms with van der Waals surface area (Å²) in [4.78, 5) is 4.13. The van der Waals surface area contributed by atoms with Crippen LogP contribution in [0.4, 0.5) is 0 Å². The maximum atomic E-state index is 10.7. The zero-order valence-electron chi connectivity index (χ0n) is 9.81. The SMILES string of the molecule is Cc1cncc(C(C)(O)c2ccccc2Br)c1. The summed E-state index contributed by atoms with van der Waals surface area (Å²) in [6.45, 7) is 3.75. The van der Waals surface area contributed by atoms with Crippen LogP contribution in [0.1, 0.15) is 23.6 Å². The Kier molecular flexibility index (Phi) is 3.31. The van der Waals surface area contributed by atoms with Crippen LogP contribution in [-0.4, -0.2) is 10.1 Å². The highest BCUT2D eigenvalue weighted by Crippen LogP contribution is 2.33. The van der Waals surface area contributed by atoms with Gasteiger partial charge < -0.3 is 5.11 Å². The minimum absolute atomic E-state index is 0.796. The van der Waals surface area contributed by atoms with Crippen molar-refractivity contribution in [2.24, 2.45) is 0 Å². The number of benzene rings is 1. The summed E-state index contributed by atoms with van der Waals surface area (Å²) in [6.07, 6.45) is 3.48. The number of nitrogens with zero attached hydrogens (tertiary/aromatic N) is 1. The van der Waals surface area contributed by atoms with Gasteiger partial charge in [-0.05, 0) is 31.5 Å². The normalized spacial score (nSPS) is 14.4. The second-order valence-electron chi connectivity index (χ2n) is 4.30. The fourth-order valence-electron chi connectivity index (χ4n) is 1.83. The van der Waals surface area contributed by atoms with Crippen LogP contribution in [0.3, 0.4) is 0 Å². The largest absolute Gasteiger partial charge is 0.381 e. The van der Waals surface area contributed by atoms with Crippen LogP contribution in [0.2, 0.25) is 0 Å². The molecule has 0 bridgehead atoms. The van der Waals surface area contributed by atoms with E-state index in [4.69, 9.17) is 0 Å². The number of pyridine rings is 1. The van der Waals surface area contributed by atoms with E-state index in [2.05, 4.69) is 20.9 Å². The van der Waals surface area contributed by atoms with E-state index in [1.807, 2.05) is 37.3 Å². The highest BCUT2D eigenvalue weighted by Gasteiger charge is 2.27. The lowest BCUT2D eigenvalue weighted by atomic mass is 9.89. The van der Waals surface area contributed by atoms with Crippen LogP contribution >= 0.6 is 15.9 Å². The number of aliphatic hydroxyl groups is 1. The predicted molar refractivity (Wildman–Crippen MR) is 71.8 cm³/mol. The average molecular weight is 292 g/mol. The van der Waals surface area contributed by atoms with E-state index < -0.39 is 5.60 Å². The average Bonchev–Trinajstić information content (AvgIpc) is 2.29. The molecule has 1 atom stereocenters. The smallest absolute Gasteiger partial charge is 0.114 e. The van der Waals surface area contributed by atoms with Gasteiger partial charge in [0.1, 0.15) is 5.60 Å². The third-order valence-electron chi connectivity index (χ3n) is 2.84. The maximum absolute atomic E-state index is 10.7. The Hall–Kier alpha value is -1.19. The van der Waals surface area contributed by atoms with Crippen molar-refractivity contribution in [3.8, 4) is 0 Å². The quantitative estimate of drug-likeness (QED) is 0.920. The molecule has 0 fully saturated rings. The van der Waals surface area contributed by atoms with E-state index in [0.29, 0.717) is 0 Å². The van der Waals surface area contributed by atoms with Crippen molar-refractivity contribution in [2.45, 2.75) is 19.4 Å². The monoisotopic (exact) mass is 291 g/mol. The molecular formula is C14H14BrNO.